The number of aryl methyl sites for hydroxylation is 1. The lowest BCUT2D eigenvalue weighted by atomic mass is 10.3. The van der Waals surface area contributed by atoms with E-state index in [0.29, 0.717) is 10.7 Å². The number of rotatable bonds is 1. The second kappa shape index (κ2) is 9.40. The lowest BCUT2D eigenvalue weighted by molar-refractivity contribution is -0.385. The smallest absolute Gasteiger partial charge is 0.258 e. The summed E-state index contributed by atoms with van der Waals surface area (Å²) in [4.78, 5) is 13.3. The van der Waals surface area contributed by atoms with E-state index in [2.05, 4.69) is 4.98 Å². The summed E-state index contributed by atoms with van der Waals surface area (Å²) >= 11 is 5.55. The molecule has 4 nitrogen and oxygen atoms in total. The maximum Gasteiger partial charge on any atom is 0.287 e. The van der Waals surface area contributed by atoms with Crippen molar-refractivity contribution in [1.82, 2.24) is 4.98 Å². The normalized spacial score (nSPS) is 7.87. The van der Waals surface area contributed by atoms with Gasteiger partial charge in [-0.15, -0.1) is 0 Å². The van der Waals surface area contributed by atoms with Crippen molar-refractivity contribution in [2.45, 2.75) is 34.6 Å². The molecule has 86 valence electrons. The van der Waals surface area contributed by atoms with Crippen LogP contribution < -0.4 is 0 Å². The molecule has 0 aliphatic heterocycles. The zero-order chi connectivity index (χ0) is 12.4. The van der Waals surface area contributed by atoms with Crippen molar-refractivity contribution in [3.63, 3.8) is 0 Å². The predicted octanol–water partition coefficient (Wildman–Crippen LogP) is 4.00. The third-order valence-corrected chi connectivity index (χ3v) is 1.61. The Hall–Kier alpha value is -1.16. The van der Waals surface area contributed by atoms with Gasteiger partial charge in [0, 0.05) is 6.07 Å². The third kappa shape index (κ3) is 6.01. The number of pyridine rings is 1. The Balaban J connectivity index is 0. The van der Waals surface area contributed by atoms with Crippen LogP contribution in [0.25, 0.3) is 0 Å². The van der Waals surface area contributed by atoms with Gasteiger partial charge in [-0.2, -0.15) is 0 Å². The third-order valence-electron chi connectivity index (χ3n) is 1.21. The average molecular weight is 233 g/mol. The Bertz CT molecular complexity index is 303. The standard InChI is InChI=1S/C6H5ClN2O2.2C2H6/c1-4-2-5(9(10)11)3-8-6(4)7;2*1-2/h2-3H,1H3;2*1-2H3. The van der Waals surface area contributed by atoms with Gasteiger partial charge in [0.2, 0.25) is 0 Å². The Labute approximate surface area is 95.4 Å². The molecule has 1 heterocycles. The molecule has 0 radical (unpaired) electrons. The van der Waals surface area contributed by atoms with Gasteiger partial charge >= 0.3 is 0 Å². The SMILES string of the molecule is CC.CC.Cc1cc([N+](=O)[O-])cnc1Cl. The van der Waals surface area contributed by atoms with E-state index in [1.54, 1.807) is 6.92 Å². The summed E-state index contributed by atoms with van der Waals surface area (Å²) < 4.78 is 0. The molecule has 0 saturated heterocycles. The van der Waals surface area contributed by atoms with Crippen LogP contribution in [0.1, 0.15) is 33.3 Å². The van der Waals surface area contributed by atoms with Crippen LogP contribution in [0.5, 0.6) is 0 Å². The molecule has 1 aromatic rings. The van der Waals surface area contributed by atoms with Crippen LogP contribution in [0.3, 0.4) is 0 Å². The minimum Gasteiger partial charge on any atom is -0.258 e. The van der Waals surface area contributed by atoms with Crippen LogP contribution in [0, 0.1) is 17.0 Å². The predicted molar refractivity (Wildman–Crippen MR) is 63.3 cm³/mol. The van der Waals surface area contributed by atoms with Crippen molar-refractivity contribution in [1.29, 1.82) is 0 Å². The first kappa shape index (κ1) is 16.3. The number of halogens is 1. The largest absolute Gasteiger partial charge is 0.287 e. The summed E-state index contributed by atoms with van der Waals surface area (Å²) in [6.07, 6.45) is 1.13. The molecule has 0 aliphatic carbocycles. The monoisotopic (exact) mass is 232 g/mol. The number of nitro groups is 1. The van der Waals surface area contributed by atoms with E-state index in [0.717, 1.165) is 6.20 Å². The summed E-state index contributed by atoms with van der Waals surface area (Å²) in [5.74, 6) is 0. The molecular weight excluding hydrogens is 216 g/mol. The molecule has 0 fully saturated rings. The van der Waals surface area contributed by atoms with Crippen molar-refractivity contribution >= 4 is 17.3 Å². The van der Waals surface area contributed by atoms with Crippen molar-refractivity contribution in [2.24, 2.45) is 0 Å². The van der Waals surface area contributed by atoms with E-state index in [4.69, 9.17) is 11.6 Å². The fraction of sp³-hybridized carbons (Fsp3) is 0.500. The highest BCUT2D eigenvalue weighted by molar-refractivity contribution is 6.30. The second-order valence-electron chi connectivity index (χ2n) is 2.06. The highest BCUT2D eigenvalue weighted by atomic mass is 35.5. The number of hydrogen-bond donors (Lipinski definition) is 0. The summed E-state index contributed by atoms with van der Waals surface area (Å²) in [6, 6.07) is 1.38. The first-order chi connectivity index (χ1) is 7.11. The van der Waals surface area contributed by atoms with Crippen LogP contribution in [-0.2, 0) is 0 Å². The van der Waals surface area contributed by atoms with Gasteiger partial charge in [-0.05, 0) is 12.5 Å². The van der Waals surface area contributed by atoms with Gasteiger partial charge in [0.15, 0.2) is 0 Å². The van der Waals surface area contributed by atoms with E-state index in [1.807, 2.05) is 27.7 Å². The topological polar surface area (TPSA) is 56.0 Å². The highest BCUT2D eigenvalue weighted by Crippen LogP contribution is 2.17. The molecule has 0 spiro atoms. The van der Waals surface area contributed by atoms with Crippen LogP contribution in [0.15, 0.2) is 12.3 Å². The van der Waals surface area contributed by atoms with E-state index >= 15 is 0 Å². The molecule has 5 heteroatoms. The van der Waals surface area contributed by atoms with Gasteiger partial charge in [0.25, 0.3) is 5.69 Å². The fourth-order valence-corrected chi connectivity index (χ4v) is 0.746. The number of aromatic nitrogens is 1. The molecule has 0 N–H and O–H groups in total. The van der Waals surface area contributed by atoms with Gasteiger partial charge in [0.05, 0.1) is 4.92 Å². The Kier molecular flexibility index (Phi) is 10.2. The summed E-state index contributed by atoms with van der Waals surface area (Å²) in [7, 11) is 0. The van der Waals surface area contributed by atoms with Gasteiger partial charge in [0.1, 0.15) is 11.3 Å². The molecule has 0 atom stereocenters. The van der Waals surface area contributed by atoms with E-state index < -0.39 is 4.92 Å². The van der Waals surface area contributed by atoms with Crippen LogP contribution in [0.2, 0.25) is 5.15 Å². The maximum atomic E-state index is 10.2. The molecule has 0 bridgehead atoms. The number of hydrogen-bond acceptors (Lipinski definition) is 3. The average Bonchev–Trinajstić information content (AvgIpc) is 2.27. The van der Waals surface area contributed by atoms with Crippen LogP contribution >= 0.6 is 11.6 Å². The molecule has 1 rings (SSSR count). The molecule has 0 aromatic carbocycles. The van der Waals surface area contributed by atoms with Crippen LogP contribution in [0.4, 0.5) is 5.69 Å². The van der Waals surface area contributed by atoms with Crippen molar-refractivity contribution < 1.29 is 4.92 Å². The summed E-state index contributed by atoms with van der Waals surface area (Å²) in [6.45, 7) is 9.67. The van der Waals surface area contributed by atoms with Gasteiger partial charge in [-0.3, -0.25) is 10.1 Å². The summed E-state index contributed by atoms with van der Waals surface area (Å²) in [5.41, 5.74) is 0.577. The first-order valence-electron chi connectivity index (χ1n) is 4.88. The maximum absolute atomic E-state index is 10.2. The zero-order valence-electron chi connectivity index (χ0n) is 9.74. The molecular formula is C10H17ClN2O2. The minimum absolute atomic E-state index is 0.0353. The molecule has 15 heavy (non-hydrogen) atoms. The molecule has 1 aromatic heterocycles. The van der Waals surface area contributed by atoms with Gasteiger partial charge < -0.3 is 0 Å². The van der Waals surface area contributed by atoms with E-state index in [9.17, 15) is 10.1 Å². The van der Waals surface area contributed by atoms with E-state index in [1.165, 1.54) is 6.07 Å². The van der Waals surface area contributed by atoms with Crippen molar-refractivity contribution in [3.05, 3.63) is 33.1 Å². The Morgan fingerprint density at radius 3 is 2.13 bits per heavy atom. The molecule has 0 unspecified atom stereocenters. The molecule has 0 amide bonds. The lowest BCUT2D eigenvalue weighted by Gasteiger charge is -1.94. The first-order valence-corrected chi connectivity index (χ1v) is 5.25. The lowest BCUT2D eigenvalue weighted by Crippen LogP contribution is -1.90. The Morgan fingerprint density at radius 2 is 1.80 bits per heavy atom. The van der Waals surface area contributed by atoms with Gasteiger partial charge in [-0.25, -0.2) is 4.98 Å². The summed E-state index contributed by atoms with van der Waals surface area (Å²) in [5, 5.41) is 10.5. The highest BCUT2D eigenvalue weighted by Gasteiger charge is 2.06. The molecule has 0 aliphatic rings. The zero-order valence-corrected chi connectivity index (χ0v) is 10.5. The quantitative estimate of drug-likeness (QED) is 0.418. The number of nitrogens with zero attached hydrogens (tertiary/aromatic N) is 2. The fourth-order valence-electron chi connectivity index (χ4n) is 0.643. The van der Waals surface area contributed by atoms with Crippen molar-refractivity contribution in [2.75, 3.05) is 0 Å². The second-order valence-corrected chi connectivity index (χ2v) is 2.42. The van der Waals surface area contributed by atoms with Crippen molar-refractivity contribution in [3.8, 4) is 0 Å². The Morgan fingerprint density at radius 1 is 1.33 bits per heavy atom. The minimum atomic E-state index is -0.504. The molecule has 0 saturated carbocycles. The van der Waals surface area contributed by atoms with Gasteiger partial charge in [-0.1, -0.05) is 39.3 Å². The van der Waals surface area contributed by atoms with E-state index in [-0.39, 0.29) is 5.69 Å². The van der Waals surface area contributed by atoms with Crippen LogP contribution in [-0.4, -0.2) is 9.91 Å².